The molecule has 1 atom stereocenters. The third-order valence-corrected chi connectivity index (χ3v) is 2.67. The standard InChI is InChI=1S/C11H13N3O/c12-11(13)10-9-2-1-7(6-15)5-8(9)3-4-14-10/h1-2,5-6,10,14H,3-4H2,(H3,12,13). The number of nitrogens with one attached hydrogen (secondary N) is 2. The predicted molar refractivity (Wildman–Crippen MR) is 58.2 cm³/mol. The molecule has 0 spiro atoms. The molecule has 4 N–H and O–H groups in total. The van der Waals surface area contributed by atoms with E-state index in [1.807, 2.05) is 12.1 Å². The molecule has 1 aromatic carbocycles. The number of nitrogens with two attached hydrogens (primary N) is 1. The van der Waals surface area contributed by atoms with E-state index in [-0.39, 0.29) is 11.9 Å². The van der Waals surface area contributed by atoms with Gasteiger partial charge in [-0.05, 0) is 23.6 Å². The first-order valence-electron chi connectivity index (χ1n) is 4.87. The minimum atomic E-state index is -0.200. The van der Waals surface area contributed by atoms with Crippen LogP contribution in [0.2, 0.25) is 0 Å². The number of fused-ring (bicyclic) bond motifs is 1. The largest absolute Gasteiger partial charge is 0.386 e. The van der Waals surface area contributed by atoms with Gasteiger partial charge in [0.05, 0.1) is 6.04 Å². The molecule has 0 amide bonds. The van der Waals surface area contributed by atoms with E-state index in [2.05, 4.69) is 5.32 Å². The molecule has 4 heteroatoms. The lowest BCUT2D eigenvalue weighted by Crippen LogP contribution is -2.38. The maximum atomic E-state index is 10.6. The Bertz CT molecular complexity index is 414. The van der Waals surface area contributed by atoms with Crippen LogP contribution in [-0.2, 0) is 6.42 Å². The van der Waals surface area contributed by atoms with Gasteiger partial charge >= 0.3 is 0 Å². The fourth-order valence-corrected chi connectivity index (χ4v) is 1.94. The molecule has 78 valence electrons. The Kier molecular flexibility index (Phi) is 2.51. The van der Waals surface area contributed by atoms with E-state index in [1.54, 1.807) is 6.07 Å². The van der Waals surface area contributed by atoms with Crippen molar-refractivity contribution in [1.82, 2.24) is 5.32 Å². The normalized spacial score (nSPS) is 19.3. The number of hydrogen-bond donors (Lipinski definition) is 3. The number of hydrogen-bond acceptors (Lipinski definition) is 3. The van der Waals surface area contributed by atoms with Gasteiger partial charge in [0.15, 0.2) is 0 Å². The second-order valence-corrected chi connectivity index (χ2v) is 3.67. The van der Waals surface area contributed by atoms with Crippen LogP contribution >= 0.6 is 0 Å². The van der Waals surface area contributed by atoms with Gasteiger partial charge in [-0.2, -0.15) is 0 Å². The summed E-state index contributed by atoms with van der Waals surface area (Å²) >= 11 is 0. The average molecular weight is 203 g/mol. The molecule has 1 aromatic rings. The zero-order valence-corrected chi connectivity index (χ0v) is 8.29. The predicted octanol–water partition coefficient (Wildman–Crippen LogP) is 0.622. The minimum absolute atomic E-state index is 0.120. The van der Waals surface area contributed by atoms with Gasteiger partial charge in [-0.1, -0.05) is 12.1 Å². The number of aldehydes is 1. The van der Waals surface area contributed by atoms with Gasteiger partial charge in [-0.25, -0.2) is 0 Å². The van der Waals surface area contributed by atoms with Crippen molar-refractivity contribution in [3.8, 4) is 0 Å². The van der Waals surface area contributed by atoms with Gasteiger partial charge in [0, 0.05) is 12.1 Å². The average Bonchev–Trinajstić information content (AvgIpc) is 2.27. The summed E-state index contributed by atoms with van der Waals surface area (Å²) in [6.07, 6.45) is 1.71. The highest BCUT2D eigenvalue weighted by atomic mass is 16.1. The summed E-state index contributed by atoms with van der Waals surface area (Å²) in [5.74, 6) is 0.120. The maximum absolute atomic E-state index is 10.6. The summed E-state index contributed by atoms with van der Waals surface area (Å²) in [5.41, 5.74) is 8.31. The maximum Gasteiger partial charge on any atom is 0.150 e. The van der Waals surface area contributed by atoms with Gasteiger partial charge in [-0.15, -0.1) is 0 Å². The summed E-state index contributed by atoms with van der Waals surface area (Å²) in [6.45, 7) is 0.791. The van der Waals surface area contributed by atoms with Crippen LogP contribution in [0.4, 0.5) is 0 Å². The van der Waals surface area contributed by atoms with Crippen molar-refractivity contribution in [2.24, 2.45) is 5.73 Å². The van der Waals surface area contributed by atoms with E-state index in [9.17, 15) is 4.79 Å². The SMILES string of the molecule is N=C(N)C1NCCc2cc(C=O)ccc21. The fourth-order valence-electron chi connectivity index (χ4n) is 1.94. The van der Waals surface area contributed by atoms with Gasteiger partial charge in [0.2, 0.25) is 0 Å². The summed E-state index contributed by atoms with van der Waals surface area (Å²) in [4.78, 5) is 10.6. The first kappa shape index (κ1) is 9.86. The van der Waals surface area contributed by atoms with Gasteiger partial charge < -0.3 is 11.1 Å². The van der Waals surface area contributed by atoms with Crippen LogP contribution in [0.15, 0.2) is 18.2 Å². The number of amidine groups is 1. The smallest absolute Gasteiger partial charge is 0.150 e. The lowest BCUT2D eigenvalue weighted by molar-refractivity contribution is 0.112. The van der Waals surface area contributed by atoms with Crippen LogP contribution in [0.3, 0.4) is 0 Å². The molecule has 0 aliphatic carbocycles. The minimum Gasteiger partial charge on any atom is -0.386 e. The van der Waals surface area contributed by atoms with Crippen molar-refractivity contribution >= 4 is 12.1 Å². The Hall–Kier alpha value is -1.68. The molecule has 1 aliphatic heterocycles. The molecule has 2 rings (SSSR count). The number of carbonyl (C=O) groups is 1. The Labute approximate surface area is 88.0 Å². The summed E-state index contributed by atoms with van der Waals surface area (Å²) in [5, 5.41) is 10.6. The topological polar surface area (TPSA) is 79.0 Å². The second-order valence-electron chi connectivity index (χ2n) is 3.67. The Morgan fingerprint density at radius 1 is 1.60 bits per heavy atom. The van der Waals surface area contributed by atoms with Gasteiger partial charge in [-0.3, -0.25) is 10.2 Å². The molecule has 0 aromatic heterocycles. The van der Waals surface area contributed by atoms with E-state index in [4.69, 9.17) is 11.1 Å². The lowest BCUT2D eigenvalue weighted by Gasteiger charge is -2.26. The van der Waals surface area contributed by atoms with E-state index >= 15 is 0 Å². The Morgan fingerprint density at radius 3 is 3.07 bits per heavy atom. The molecule has 0 radical (unpaired) electrons. The molecule has 0 saturated carbocycles. The fraction of sp³-hybridized carbons (Fsp3) is 0.273. The van der Waals surface area contributed by atoms with E-state index in [0.717, 1.165) is 30.4 Å². The van der Waals surface area contributed by atoms with Crippen molar-refractivity contribution in [1.29, 1.82) is 5.41 Å². The van der Waals surface area contributed by atoms with Crippen LogP contribution in [0.1, 0.15) is 27.5 Å². The zero-order chi connectivity index (χ0) is 10.8. The first-order valence-corrected chi connectivity index (χ1v) is 4.87. The third kappa shape index (κ3) is 1.76. The Balaban J connectivity index is 2.44. The molecule has 1 heterocycles. The highest BCUT2D eigenvalue weighted by Crippen LogP contribution is 2.23. The quantitative estimate of drug-likeness (QED) is 0.374. The van der Waals surface area contributed by atoms with Crippen LogP contribution in [0.5, 0.6) is 0 Å². The summed E-state index contributed by atoms with van der Waals surface area (Å²) in [6, 6.07) is 5.31. The van der Waals surface area contributed by atoms with Crippen molar-refractivity contribution in [2.45, 2.75) is 12.5 Å². The monoisotopic (exact) mass is 203 g/mol. The van der Waals surface area contributed by atoms with Crippen LogP contribution in [0.25, 0.3) is 0 Å². The summed E-state index contributed by atoms with van der Waals surface area (Å²) < 4.78 is 0. The number of carbonyl (C=O) groups excluding carboxylic acids is 1. The van der Waals surface area contributed by atoms with E-state index in [0.29, 0.717) is 5.56 Å². The first-order chi connectivity index (χ1) is 7.22. The molecule has 1 aliphatic rings. The van der Waals surface area contributed by atoms with E-state index in [1.165, 1.54) is 0 Å². The van der Waals surface area contributed by atoms with Crippen molar-refractivity contribution < 1.29 is 4.79 Å². The Morgan fingerprint density at radius 2 is 2.40 bits per heavy atom. The van der Waals surface area contributed by atoms with E-state index < -0.39 is 0 Å². The molecule has 4 nitrogen and oxygen atoms in total. The highest BCUT2D eigenvalue weighted by molar-refractivity contribution is 5.85. The molecule has 0 bridgehead atoms. The molecule has 0 saturated heterocycles. The second kappa shape index (κ2) is 3.82. The molecule has 15 heavy (non-hydrogen) atoms. The third-order valence-electron chi connectivity index (χ3n) is 2.67. The van der Waals surface area contributed by atoms with Crippen LogP contribution in [-0.4, -0.2) is 18.7 Å². The van der Waals surface area contributed by atoms with Crippen molar-refractivity contribution in [3.05, 3.63) is 34.9 Å². The molecular formula is C11H13N3O. The molecular weight excluding hydrogens is 190 g/mol. The van der Waals surface area contributed by atoms with Gasteiger partial charge in [0.1, 0.15) is 12.1 Å². The van der Waals surface area contributed by atoms with Crippen molar-refractivity contribution in [2.75, 3.05) is 6.54 Å². The lowest BCUT2D eigenvalue weighted by atomic mass is 9.92. The number of benzene rings is 1. The molecule has 0 fully saturated rings. The highest BCUT2D eigenvalue weighted by Gasteiger charge is 2.21. The van der Waals surface area contributed by atoms with Crippen LogP contribution < -0.4 is 11.1 Å². The van der Waals surface area contributed by atoms with Crippen molar-refractivity contribution in [3.63, 3.8) is 0 Å². The summed E-state index contributed by atoms with van der Waals surface area (Å²) in [7, 11) is 0. The zero-order valence-electron chi connectivity index (χ0n) is 8.29. The number of rotatable bonds is 2. The molecule has 1 unspecified atom stereocenters. The van der Waals surface area contributed by atoms with Gasteiger partial charge in [0.25, 0.3) is 0 Å². The van der Waals surface area contributed by atoms with Crippen LogP contribution in [0, 0.1) is 5.41 Å².